The van der Waals surface area contributed by atoms with Gasteiger partial charge in [-0.05, 0) is 13.0 Å². The van der Waals surface area contributed by atoms with E-state index in [0.29, 0.717) is 13.2 Å². The highest BCUT2D eigenvalue weighted by atomic mass is 16.5. The van der Waals surface area contributed by atoms with Crippen LogP contribution in [0.2, 0.25) is 0 Å². The minimum Gasteiger partial charge on any atom is -0.466 e. The van der Waals surface area contributed by atoms with Gasteiger partial charge in [0.25, 0.3) is 0 Å². The molecule has 17 heavy (non-hydrogen) atoms. The van der Waals surface area contributed by atoms with Crippen LogP contribution in [0.15, 0.2) is 12.3 Å². The Hall–Kier alpha value is -1.85. The second kappa shape index (κ2) is 6.67. The van der Waals surface area contributed by atoms with E-state index in [2.05, 4.69) is 10.4 Å². The van der Waals surface area contributed by atoms with E-state index in [4.69, 9.17) is 4.74 Å². The highest BCUT2D eigenvalue weighted by Crippen LogP contribution is 1.96. The van der Waals surface area contributed by atoms with Gasteiger partial charge in [0, 0.05) is 19.7 Å². The van der Waals surface area contributed by atoms with Crippen LogP contribution < -0.4 is 5.32 Å². The molecule has 1 N–H and O–H groups in total. The molecular formula is C11H17N3O3. The molecule has 0 fully saturated rings. The maximum Gasteiger partial charge on any atom is 0.306 e. The zero-order valence-corrected chi connectivity index (χ0v) is 10.1. The molecule has 0 aromatic carbocycles. The summed E-state index contributed by atoms with van der Waals surface area (Å²) in [4.78, 5) is 22.4. The van der Waals surface area contributed by atoms with Crippen LogP contribution in [0, 0.1) is 0 Å². The van der Waals surface area contributed by atoms with Crippen molar-refractivity contribution in [2.75, 3.05) is 6.61 Å². The van der Waals surface area contributed by atoms with Crippen molar-refractivity contribution in [3.63, 3.8) is 0 Å². The van der Waals surface area contributed by atoms with Gasteiger partial charge in [0.05, 0.1) is 25.3 Å². The van der Waals surface area contributed by atoms with E-state index in [1.165, 1.54) is 0 Å². The molecule has 6 nitrogen and oxygen atoms in total. The number of hydrogen-bond donors (Lipinski definition) is 1. The van der Waals surface area contributed by atoms with E-state index < -0.39 is 0 Å². The highest BCUT2D eigenvalue weighted by molar-refractivity contribution is 5.81. The highest BCUT2D eigenvalue weighted by Gasteiger charge is 2.07. The van der Waals surface area contributed by atoms with Gasteiger partial charge in [0.2, 0.25) is 5.91 Å². The minimum absolute atomic E-state index is 0.113. The fourth-order valence-electron chi connectivity index (χ4n) is 1.28. The van der Waals surface area contributed by atoms with Crippen molar-refractivity contribution >= 4 is 11.9 Å². The molecule has 1 heterocycles. The predicted octanol–water partition coefficient (Wildman–Crippen LogP) is 0.380. The van der Waals surface area contributed by atoms with Gasteiger partial charge in [-0.2, -0.15) is 5.10 Å². The van der Waals surface area contributed by atoms with E-state index >= 15 is 0 Å². The van der Waals surface area contributed by atoms with Gasteiger partial charge < -0.3 is 10.1 Å². The lowest BCUT2D eigenvalue weighted by Crippen LogP contribution is -2.23. The molecule has 1 aromatic rings. The molecule has 0 saturated heterocycles. The van der Waals surface area contributed by atoms with Crippen molar-refractivity contribution in [2.24, 2.45) is 7.05 Å². The summed E-state index contributed by atoms with van der Waals surface area (Å²) in [5.41, 5.74) is 0.789. The summed E-state index contributed by atoms with van der Waals surface area (Å²) < 4.78 is 6.39. The Morgan fingerprint density at radius 1 is 1.47 bits per heavy atom. The van der Waals surface area contributed by atoms with E-state index in [1.54, 1.807) is 17.8 Å². The average Bonchev–Trinajstić information content (AvgIpc) is 2.70. The lowest BCUT2D eigenvalue weighted by molar-refractivity contribution is -0.144. The largest absolute Gasteiger partial charge is 0.466 e. The average molecular weight is 239 g/mol. The molecule has 0 aliphatic carbocycles. The Kier molecular flexibility index (Phi) is 5.19. The number of carbonyl (C=O) groups excluding carboxylic acids is 2. The zero-order valence-electron chi connectivity index (χ0n) is 10.1. The Morgan fingerprint density at radius 2 is 2.24 bits per heavy atom. The van der Waals surface area contributed by atoms with E-state index in [0.717, 1.165) is 5.69 Å². The predicted molar refractivity (Wildman–Crippen MR) is 60.9 cm³/mol. The second-order valence-corrected chi connectivity index (χ2v) is 3.56. The molecule has 0 unspecified atom stereocenters. The number of carbonyl (C=O) groups is 2. The minimum atomic E-state index is -0.347. The van der Waals surface area contributed by atoms with E-state index in [9.17, 15) is 9.59 Å². The van der Waals surface area contributed by atoms with Crippen molar-refractivity contribution in [1.82, 2.24) is 15.1 Å². The number of hydrogen-bond acceptors (Lipinski definition) is 4. The first-order valence-corrected chi connectivity index (χ1v) is 5.52. The summed E-state index contributed by atoms with van der Waals surface area (Å²) in [7, 11) is 1.81. The molecule has 1 aromatic heterocycles. The van der Waals surface area contributed by atoms with Gasteiger partial charge in [-0.15, -0.1) is 0 Å². The molecule has 1 rings (SSSR count). The third kappa shape index (κ3) is 5.14. The lowest BCUT2D eigenvalue weighted by atomic mass is 10.3. The first kappa shape index (κ1) is 13.2. The van der Waals surface area contributed by atoms with E-state index in [1.807, 2.05) is 13.1 Å². The Labute approximate surface area is 99.9 Å². The van der Waals surface area contributed by atoms with Crippen LogP contribution in [0.3, 0.4) is 0 Å². The van der Waals surface area contributed by atoms with E-state index in [-0.39, 0.29) is 24.7 Å². The van der Waals surface area contributed by atoms with Crippen molar-refractivity contribution < 1.29 is 14.3 Å². The fraction of sp³-hybridized carbons (Fsp3) is 0.545. The summed E-state index contributed by atoms with van der Waals surface area (Å²) in [6, 6.07) is 1.83. The van der Waals surface area contributed by atoms with Crippen molar-refractivity contribution in [2.45, 2.75) is 26.3 Å². The van der Waals surface area contributed by atoms with Gasteiger partial charge in [-0.25, -0.2) is 0 Å². The second-order valence-electron chi connectivity index (χ2n) is 3.56. The Morgan fingerprint density at radius 3 is 2.82 bits per heavy atom. The van der Waals surface area contributed by atoms with Crippen molar-refractivity contribution in [1.29, 1.82) is 0 Å². The normalized spacial score (nSPS) is 10.0. The lowest BCUT2D eigenvalue weighted by Gasteiger charge is -2.03. The standard InChI is InChI=1S/C11H17N3O3/c1-3-17-11(16)5-4-10(15)12-8-9-6-7-14(2)13-9/h6-7H,3-5,8H2,1-2H3,(H,12,15). The molecule has 0 spiro atoms. The van der Waals surface area contributed by atoms with Gasteiger partial charge >= 0.3 is 5.97 Å². The van der Waals surface area contributed by atoms with Gasteiger partial charge in [-0.3, -0.25) is 14.3 Å². The Balaban J connectivity index is 2.19. The summed E-state index contributed by atoms with van der Waals surface area (Å²) >= 11 is 0. The summed E-state index contributed by atoms with van der Waals surface area (Å²) in [5.74, 6) is -0.524. The maximum absolute atomic E-state index is 11.4. The molecule has 6 heteroatoms. The first-order valence-electron chi connectivity index (χ1n) is 5.52. The van der Waals surface area contributed by atoms with Crippen LogP contribution in [0.5, 0.6) is 0 Å². The zero-order chi connectivity index (χ0) is 12.7. The maximum atomic E-state index is 11.4. The molecular weight excluding hydrogens is 222 g/mol. The SMILES string of the molecule is CCOC(=O)CCC(=O)NCc1ccn(C)n1. The molecule has 0 radical (unpaired) electrons. The topological polar surface area (TPSA) is 73.2 Å². The number of rotatable bonds is 6. The number of aromatic nitrogens is 2. The third-order valence-corrected chi connectivity index (χ3v) is 2.10. The number of amides is 1. The molecule has 1 amide bonds. The van der Waals surface area contributed by atoms with Crippen LogP contribution in [0.25, 0.3) is 0 Å². The van der Waals surface area contributed by atoms with Crippen LogP contribution >= 0.6 is 0 Å². The number of nitrogens with zero attached hydrogens (tertiary/aromatic N) is 2. The molecule has 0 saturated carbocycles. The molecule has 0 aliphatic rings. The van der Waals surface area contributed by atoms with Crippen molar-refractivity contribution in [3.8, 4) is 0 Å². The first-order chi connectivity index (χ1) is 8.11. The summed E-state index contributed by atoms with van der Waals surface area (Å²) in [6.45, 7) is 2.45. The molecule has 0 aliphatic heterocycles. The van der Waals surface area contributed by atoms with Gasteiger partial charge in [-0.1, -0.05) is 0 Å². The number of nitrogens with one attached hydrogen (secondary N) is 1. The molecule has 94 valence electrons. The van der Waals surface area contributed by atoms with Crippen LogP contribution in [0.1, 0.15) is 25.5 Å². The number of aryl methyl sites for hydroxylation is 1. The monoisotopic (exact) mass is 239 g/mol. The van der Waals surface area contributed by atoms with Gasteiger partial charge in [0.1, 0.15) is 0 Å². The smallest absolute Gasteiger partial charge is 0.306 e. The molecule has 0 atom stereocenters. The molecule has 0 bridgehead atoms. The summed E-state index contributed by atoms with van der Waals surface area (Å²) in [5, 5.41) is 6.80. The summed E-state index contributed by atoms with van der Waals surface area (Å²) in [6.07, 6.45) is 2.06. The number of esters is 1. The third-order valence-electron chi connectivity index (χ3n) is 2.10. The van der Waals surface area contributed by atoms with Crippen LogP contribution in [-0.4, -0.2) is 28.3 Å². The number of ether oxygens (including phenoxy) is 1. The van der Waals surface area contributed by atoms with Crippen LogP contribution in [-0.2, 0) is 27.9 Å². The van der Waals surface area contributed by atoms with Gasteiger partial charge in [0.15, 0.2) is 0 Å². The van der Waals surface area contributed by atoms with Crippen LogP contribution in [0.4, 0.5) is 0 Å². The van der Waals surface area contributed by atoms with Crippen molar-refractivity contribution in [3.05, 3.63) is 18.0 Å². The fourth-order valence-corrected chi connectivity index (χ4v) is 1.28. The Bertz CT molecular complexity index is 387. The quantitative estimate of drug-likeness (QED) is 0.728.